The molecule has 0 spiro atoms. The van der Waals surface area contributed by atoms with Crippen LogP contribution in [0.5, 0.6) is 0 Å². The summed E-state index contributed by atoms with van der Waals surface area (Å²) in [7, 11) is 4.11. The highest BCUT2D eigenvalue weighted by Gasteiger charge is 2.36. The van der Waals surface area contributed by atoms with Crippen LogP contribution in [0.3, 0.4) is 0 Å². The van der Waals surface area contributed by atoms with Gasteiger partial charge in [-0.2, -0.15) is 0 Å². The highest BCUT2D eigenvalue weighted by Crippen LogP contribution is 2.32. The summed E-state index contributed by atoms with van der Waals surface area (Å²) >= 11 is 0. The molecule has 1 N–H and O–H groups in total. The van der Waals surface area contributed by atoms with Crippen molar-refractivity contribution in [1.82, 2.24) is 4.90 Å². The molecule has 0 aliphatic rings. The maximum Gasteiger partial charge on any atom is 0.0935 e. The van der Waals surface area contributed by atoms with Crippen molar-refractivity contribution < 1.29 is 5.11 Å². The third kappa shape index (κ3) is 5.29. The Morgan fingerprint density at radius 1 is 1.12 bits per heavy atom. The zero-order valence-corrected chi connectivity index (χ0v) is 16.2. The molecular formula is C23H31NO. The van der Waals surface area contributed by atoms with Gasteiger partial charge < -0.3 is 10.0 Å². The largest absolute Gasteiger partial charge is 0.385 e. The van der Waals surface area contributed by atoms with Gasteiger partial charge in [0, 0.05) is 18.9 Å². The molecule has 0 radical (unpaired) electrons. The molecule has 0 amide bonds. The summed E-state index contributed by atoms with van der Waals surface area (Å²) in [6, 6.07) is 18.7. The molecule has 0 bridgehead atoms. The minimum Gasteiger partial charge on any atom is -0.385 e. The molecule has 2 atom stereocenters. The van der Waals surface area contributed by atoms with E-state index in [1.807, 2.05) is 18.2 Å². The number of hydrogen-bond donors (Lipinski definition) is 1. The van der Waals surface area contributed by atoms with E-state index in [0.29, 0.717) is 6.42 Å². The first-order valence-electron chi connectivity index (χ1n) is 8.98. The van der Waals surface area contributed by atoms with Crippen LogP contribution in [0.1, 0.15) is 30.5 Å². The van der Waals surface area contributed by atoms with Crippen LogP contribution >= 0.6 is 0 Å². The maximum absolute atomic E-state index is 11.7. The van der Waals surface area contributed by atoms with E-state index in [2.05, 4.69) is 82.2 Å². The Labute approximate surface area is 152 Å². The molecule has 0 saturated heterocycles. The standard InChI is InChI=1S/C23H31NO/c1-18-10-9-13-22(14-18)16-23(25,20(3)17-24(4)5)19(2)15-21-11-7-6-8-12-21/h6-15,20,25H,16-17H2,1-5H3. The Hall–Kier alpha value is -1.90. The van der Waals surface area contributed by atoms with Crippen LogP contribution < -0.4 is 0 Å². The third-order valence-corrected chi connectivity index (χ3v) is 4.88. The van der Waals surface area contributed by atoms with Crippen LogP contribution in [-0.2, 0) is 6.42 Å². The number of nitrogens with zero attached hydrogens (tertiary/aromatic N) is 1. The highest BCUT2D eigenvalue weighted by molar-refractivity contribution is 5.55. The van der Waals surface area contributed by atoms with Crippen molar-refractivity contribution in [3.05, 3.63) is 76.9 Å². The van der Waals surface area contributed by atoms with Gasteiger partial charge in [0.1, 0.15) is 0 Å². The zero-order valence-electron chi connectivity index (χ0n) is 16.2. The van der Waals surface area contributed by atoms with Gasteiger partial charge in [-0.05, 0) is 44.6 Å². The zero-order chi connectivity index (χ0) is 18.4. The van der Waals surface area contributed by atoms with Crippen LogP contribution in [-0.4, -0.2) is 36.2 Å². The first-order chi connectivity index (χ1) is 11.8. The number of aryl methyl sites for hydroxylation is 1. The fourth-order valence-corrected chi connectivity index (χ4v) is 3.46. The summed E-state index contributed by atoms with van der Waals surface area (Å²) in [5.41, 5.74) is 3.65. The van der Waals surface area contributed by atoms with Crippen molar-refractivity contribution in [3.8, 4) is 0 Å². The van der Waals surface area contributed by atoms with Crippen LogP contribution in [0.25, 0.3) is 6.08 Å². The average Bonchev–Trinajstić information content (AvgIpc) is 2.55. The van der Waals surface area contributed by atoms with E-state index in [1.54, 1.807) is 0 Å². The summed E-state index contributed by atoms with van der Waals surface area (Å²) in [5, 5.41) is 11.7. The molecular weight excluding hydrogens is 306 g/mol. The minimum atomic E-state index is -0.881. The molecule has 0 fully saturated rings. The first kappa shape index (κ1) is 19.4. The van der Waals surface area contributed by atoms with E-state index in [0.717, 1.165) is 17.7 Å². The van der Waals surface area contributed by atoms with E-state index in [1.165, 1.54) is 11.1 Å². The van der Waals surface area contributed by atoms with E-state index in [9.17, 15) is 5.11 Å². The van der Waals surface area contributed by atoms with E-state index in [4.69, 9.17) is 0 Å². The second-order valence-electron chi connectivity index (χ2n) is 7.49. The molecule has 2 aromatic rings. The normalized spacial score (nSPS) is 15.9. The van der Waals surface area contributed by atoms with E-state index in [-0.39, 0.29) is 5.92 Å². The quantitative estimate of drug-likeness (QED) is 0.800. The van der Waals surface area contributed by atoms with Crippen molar-refractivity contribution in [2.75, 3.05) is 20.6 Å². The predicted molar refractivity (Wildman–Crippen MR) is 108 cm³/mol. The van der Waals surface area contributed by atoms with Gasteiger partial charge in [-0.25, -0.2) is 0 Å². The third-order valence-electron chi connectivity index (χ3n) is 4.88. The summed E-state index contributed by atoms with van der Waals surface area (Å²) < 4.78 is 0. The van der Waals surface area contributed by atoms with Gasteiger partial charge >= 0.3 is 0 Å². The van der Waals surface area contributed by atoms with Gasteiger partial charge in [0.05, 0.1) is 5.60 Å². The number of benzene rings is 2. The Bertz CT molecular complexity index is 705. The predicted octanol–water partition coefficient (Wildman–Crippen LogP) is 4.57. The van der Waals surface area contributed by atoms with Crippen LogP contribution in [0, 0.1) is 12.8 Å². The molecule has 134 valence electrons. The highest BCUT2D eigenvalue weighted by atomic mass is 16.3. The first-order valence-corrected chi connectivity index (χ1v) is 8.98. The molecule has 2 rings (SSSR count). The molecule has 2 nitrogen and oxygen atoms in total. The van der Waals surface area contributed by atoms with Gasteiger partial charge in [0.15, 0.2) is 0 Å². The van der Waals surface area contributed by atoms with E-state index >= 15 is 0 Å². The molecule has 2 unspecified atom stereocenters. The number of aliphatic hydroxyl groups is 1. The Balaban J connectivity index is 2.38. The molecule has 0 aliphatic heterocycles. The molecule has 2 heteroatoms. The van der Waals surface area contributed by atoms with Crippen molar-refractivity contribution >= 4 is 6.08 Å². The van der Waals surface area contributed by atoms with Gasteiger partial charge in [0.2, 0.25) is 0 Å². The van der Waals surface area contributed by atoms with Crippen molar-refractivity contribution in [2.45, 2.75) is 32.8 Å². The smallest absolute Gasteiger partial charge is 0.0935 e. The Morgan fingerprint density at radius 2 is 1.80 bits per heavy atom. The summed E-state index contributed by atoms with van der Waals surface area (Å²) in [6.07, 6.45) is 2.74. The molecule has 0 aromatic heterocycles. The summed E-state index contributed by atoms with van der Waals surface area (Å²) in [4.78, 5) is 2.14. The second-order valence-corrected chi connectivity index (χ2v) is 7.49. The molecule has 0 saturated carbocycles. The average molecular weight is 338 g/mol. The van der Waals surface area contributed by atoms with Crippen LogP contribution in [0.15, 0.2) is 60.2 Å². The van der Waals surface area contributed by atoms with Gasteiger partial charge in [-0.3, -0.25) is 0 Å². The molecule has 2 aromatic carbocycles. The fraction of sp³-hybridized carbons (Fsp3) is 0.391. The lowest BCUT2D eigenvalue weighted by Crippen LogP contribution is -2.44. The van der Waals surface area contributed by atoms with Gasteiger partial charge in [-0.15, -0.1) is 0 Å². The van der Waals surface area contributed by atoms with Crippen molar-refractivity contribution in [1.29, 1.82) is 0 Å². The number of rotatable bonds is 7. The Kier molecular flexibility index (Phi) is 6.57. The van der Waals surface area contributed by atoms with Crippen molar-refractivity contribution in [3.63, 3.8) is 0 Å². The lowest BCUT2D eigenvalue weighted by atomic mass is 9.77. The van der Waals surface area contributed by atoms with Gasteiger partial charge in [-0.1, -0.05) is 73.2 Å². The summed E-state index contributed by atoms with van der Waals surface area (Å²) in [5.74, 6) is 0.114. The Morgan fingerprint density at radius 3 is 2.40 bits per heavy atom. The lowest BCUT2D eigenvalue weighted by molar-refractivity contribution is 0.0149. The lowest BCUT2D eigenvalue weighted by Gasteiger charge is -2.37. The van der Waals surface area contributed by atoms with Crippen molar-refractivity contribution in [2.24, 2.45) is 5.92 Å². The monoisotopic (exact) mass is 337 g/mol. The molecule has 0 aliphatic carbocycles. The number of hydrogen-bond acceptors (Lipinski definition) is 2. The van der Waals surface area contributed by atoms with Gasteiger partial charge in [0.25, 0.3) is 0 Å². The fourth-order valence-electron chi connectivity index (χ4n) is 3.46. The minimum absolute atomic E-state index is 0.114. The second kappa shape index (κ2) is 8.46. The SMILES string of the molecule is CC(=Cc1ccccc1)C(O)(Cc1cccc(C)c1)C(C)CN(C)C. The molecule has 25 heavy (non-hydrogen) atoms. The van der Waals surface area contributed by atoms with E-state index < -0.39 is 5.60 Å². The van der Waals surface area contributed by atoms with Crippen LogP contribution in [0.2, 0.25) is 0 Å². The summed E-state index contributed by atoms with van der Waals surface area (Å²) in [6.45, 7) is 7.12. The topological polar surface area (TPSA) is 23.5 Å². The van der Waals surface area contributed by atoms with Crippen LogP contribution in [0.4, 0.5) is 0 Å². The maximum atomic E-state index is 11.7. The molecule has 0 heterocycles.